The summed E-state index contributed by atoms with van der Waals surface area (Å²) in [5.41, 5.74) is 0. The first-order valence-electron chi connectivity index (χ1n) is 7.10. The molecule has 3 heteroatoms. The summed E-state index contributed by atoms with van der Waals surface area (Å²) in [5, 5.41) is 3.59. The molecule has 3 nitrogen and oxygen atoms in total. The monoisotopic (exact) mass is 242 g/mol. The van der Waals surface area contributed by atoms with Gasteiger partial charge in [-0.05, 0) is 38.3 Å². The van der Waals surface area contributed by atoms with E-state index in [9.17, 15) is 0 Å². The number of nitrogens with one attached hydrogen (secondary N) is 1. The highest BCUT2D eigenvalue weighted by molar-refractivity contribution is 4.71. The zero-order valence-electron chi connectivity index (χ0n) is 11.9. The van der Waals surface area contributed by atoms with Crippen molar-refractivity contribution < 1.29 is 4.74 Å². The highest BCUT2D eigenvalue weighted by atomic mass is 16.5. The molecule has 0 radical (unpaired) electrons. The molecule has 0 amide bonds. The van der Waals surface area contributed by atoms with E-state index in [1.807, 2.05) is 0 Å². The Morgan fingerprint density at radius 1 is 1.18 bits per heavy atom. The van der Waals surface area contributed by atoms with Gasteiger partial charge in [-0.3, -0.25) is 0 Å². The Morgan fingerprint density at radius 3 is 2.53 bits per heavy atom. The minimum atomic E-state index is 0.830. The molecule has 0 bridgehead atoms. The van der Waals surface area contributed by atoms with Crippen LogP contribution in [-0.4, -0.2) is 51.8 Å². The number of methoxy groups -OCH3 is 1. The summed E-state index contributed by atoms with van der Waals surface area (Å²) in [6.07, 6.45) is 5.71. The maximum absolute atomic E-state index is 5.06. The Kier molecular flexibility index (Phi) is 7.82. The molecule has 0 aromatic heterocycles. The molecular weight excluding hydrogens is 212 g/mol. The number of likely N-dealkylation sites (N-methyl/N-ethyl adjacent to an activating group) is 1. The van der Waals surface area contributed by atoms with Gasteiger partial charge >= 0.3 is 0 Å². The Hall–Kier alpha value is -0.120. The van der Waals surface area contributed by atoms with E-state index >= 15 is 0 Å². The van der Waals surface area contributed by atoms with E-state index in [-0.39, 0.29) is 0 Å². The number of hydrogen-bond acceptors (Lipinski definition) is 3. The van der Waals surface area contributed by atoms with Gasteiger partial charge in [-0.2, -0.15) is 0 Å². The highest BCUT2D eigenvalue weighted by Gasteiger charge is 2.17. The van der Waals surface area contributed by atoms with Crippen LogP contribution in [0.25, 0.3) is 0 Å². The second kappa shape index (κ2) is 8.90. The summed E-state index contributed by atoms with van der Waals surface area (Å²) >= 11 is 0. The number of ether oxygens (including phenoxy) is 1. The first-order valence-corrected chi connectivity index (χ1v) is 7.10. The summed E-state index contributed by atoms with van der Waals surface area (Å²) < 4.78 is 5.06. The molecule has 0 spiro atoms. The fourth-order valence-corrected chi connectivity index (χ4v) is 2.47. The van der Waals surface area contributed by atoms with Crippen LogP contribution in [0.5, 0.6) is 0 Å². The standard InChI is InChI=1S/C14H30N2O/c1-13-4-6-14(7-5-13)12-15-8-9-16(2)10-11-17-3/h13-15H,4-12H2,1-3H3. The van der Waals surface area contributed by atoms with E-state index in [2.05, 4.69) is 24.2 Å². The maximum Gasteiger partial charge on any atom is 0.0589 e. The van der Waals surface area contributed by atoms with Gasteiger partial charge in [-0.15, -0.1) is 0 Å². The van der Waals surface area contributed by atoms with Crippen LogP contribution in [-0.2, 0) is 4.74 Å². The molecule has 1 aliphatic rings. The molecule has 0 aromatic rings. The van der Waals surface area contributed by atoms with Crippen LogP contribution in [0.4, 0.5) is 0 Å². The van der Waals surface area contributed by atoms with Crippen LogP contribution < -0.4 is 5.32 Å². The molecule has 0 saturated heterocycles. The van der Waals surface area contributed by atoms with Gasteiger partial charge < -0.3 is 15.0 Å². The van der Waals surface area contributed by atoms with Crippen molar-refractivity contribution in [1.29, 1.82) is 0 Å². The highest BCUT2D eigenvalue weighted by Crippen LogP contribution is 2.27. The van der Waals surface area contributed by atoms with Crippen molar-refractivity contribution in [2.24, 2.45) is 11.8 Å². The van der Waals surface area contributed by atoms with Crippen LogP contribution in [0.1, 0.15) is 32.6 Å². The van der Waals surface area contributed by atoms with E-state index < -0.39 is 0 Å². The summed E-state index contributed by atoms with van der Waals surface area (Å²) in [5.74, 6) is 1.89. The Balaban J connectivity index is 1.93. The Morgan fingerprint density at radius 2 is 1.88 bits per heavy atom. The van der Waals surface area contributed by atoms with Gasteiger partial charge in [-0.1, -0.05) is 19.8 Å². The number of hydrogen-bond donors (Lipinski definition) is 1. The largest absolute Gasteiger partial charge is 0.383 e. The topological polar surface area (TPSA) is 24.5 Å². The lowest BCUT2D eigenvalue weighted by molar-refractivity contribution is 0.161. The zero-order chi connectivity index (χ0) is 12.5. The van der Waals surface area contributed by atoms with E-state index in [4.69, 9.17) is 4.74 Å². The van der Waals surface area contributed by atoms with Crippen molar-refractivity contribution in [3.63, 3.8) is 0 Å². The predicted octanol–water partition coefficient (Wildman–Crippen LogP) is 1.98. The van der Waals surface area contributed by atoms with Crippen molar-refractivity contribution in [2.45, 2.75) is 32.6 Å². The molecule has 0 atom stereocenters. The molecule has 102 valence electrons. The van der Waals surface area contributed by atoms with E-state index in [0.29, 0.717) is 0 Å². The molecule has 17 heavy (non-hydrogen) atoms. The van der Waals surface area contributed by atoms with Gasteiger partial charge in [-0.25, -0.2) is 0 Å². The molecule has 0 aromatic carbocycles. The molecule has 1 saturated carbocycles. The van der Waals surface area contributed by atoms with Crippen molar-refractivity contribution in [3.05, 3.63) is 0 Å². The molecule has 1 fully saturated rings. The van der Waals surface area contributed by atoms with Gasteiger partial charge in [0.25, 0.3) is 0 Å². The van der Waals surface area contributed by atoms with Crippen LogP contribution in [0.15, 0.2) is 0 Å². The lowest BCUT2D eigenvalue weighted by atomic mass is 9.83. The van der Waals surface area contributed by atoms with E-state index in [1.54, 1.807) is 7.11 Å². The third kappa shape index (κ3) is 7.02. The molecule has 1 aliphatic carbocycles. The molecule has 0 aliphatic heterocycles. The average Bonchev–Trinajstić information content (AvgIpc) is 2.34. The smallest absolute Gasteiger partial charge is 0.0589 e. The lowest BCUT2D eigenvalue weighted by Crippen LogP contribution is -2.34. The first kappa shape index (κ1) is 14.9. The van der Waals surface area contributed by atoms with Gasteiger partial charge in [0.05, 0.1) is 6.61 Å². The van der Waals surface area contributed by atoms with Crippen LogP contribution >= 0.6 is 0 Å². The Labute approximate surface area is 107 Å². The predicted molar refractivity (Wildman–Crippen MR) is 73.4 cm³/mol. The van der Waals surface area contributed by atoms with E-state index in [1.165, 1.54) is 32.2 Å². The fourth-order valence-electron chi connectivity index (χ4n) is 2.47. The summed E-state index contributed by atoms with van der Waals surface area (Å²) in [7, 11) is 3.92. The van der Waals surface area contributed by atoms with Gasteiger partial charge in [0.1, 0.15) is 0 Å². The maximum atomic E-state index is 5.06. The lowest BCUT2D eigenvalue weighted by Gasteiger charge is -2.26. The van der Waals surface area contributed by atoms with Crippen molar-refractivity contribution in [3.8, 4) is 0 Å². The third-order valence-electron chi connectivity index (χ3n) is 3.92. The SMILES string of the molecule is COCCN(C)CCNCC1CCC(C)CC1. The van der Waals surface area contributed by atoms with Crippen molar-refractivity contribution in [2.75, 3.05) is 46.9 Å². The van der Waals surface area contributed by atoms with E-state index in [0.717, 1.165) is 38.1 Å². The third-order valence-corrected chi connectivity index (χ3v) is 3.92. The second-order valence-corrected chi connectivity index (χ2v) is 5.63. The van der Waals surface area contributed by atoms with Crippen molar-refractivity contribution in [1.82, 2.24) is 10.2 Å². The van der Waals surface area contributed by atoms with Gasteiger partial charge in [0, 0.05) is 26.7 Å². The second-order valence-electron chi connectivity index (χ2n) is 5.63. The quantitative estimate of drug-likeness (QED) is 0.659. The first-order chi connectivity index (χ1) is 8.22. The molecule has 1 N–H and O–H groups in total. The summed E-state index contributed by atoms with van der Waals surface area (Å²) in [6.45, 7) is 7.67. The Bertz CT molecular complexity index is 179. The van der Waals surface area contributed by atoms with Gasteiger partial charge in [0.15, 0.2) is 0 Å². The normalized spacial score (nSPS) is 25.4. The van der Waals surface area contributed by atoms with Gasteiger partial charge in [0.2, 0.25) is 0 Å². The van der Waals surface area contributed by atoms with Crippen LogP contribution in [0, 0.1) is 11.8 Å². The minimum Gasteiger partial charge on any atom is -0.383 e. The molecule has 0 heterocycles. The summed E-state index contributed by atoms with van der Waals surface area (Å²) in [6, 6.07) is 0. The molecule has 0 unspecified atom stereocenters. The van der Waals surface area contributed by atoms with Crippen LogP contribution in [0.2, 0.25) is 0 Å². The zero-order valence-corrected chi connectivity index (χ0v) is 11.9. The summed E-state index contributed by atoms with van der Waals surface area (Å²) in [4.78, 5) is 2.32. The fraction of sp³-hybridized carbons (Fsp3) is 1.00. The van der Waals surface area contributed by atoms with Crippen molar-refractivity contribution >= 4 is 0 Å². The number of nitrogens with zero attached hydrogens (tertiary/aromatic N) is 1. The number of rotatable bonds is 8. The average molecular weight is 242 g/mol. The molecular formula is C14H30N2O. The van der Waals surface area contributed by atoms with Crippen LogP contribution in [0.3, 0.4) is 0 Å². The molecule has 1 rings (SSSR count). The minimum absolute atomic E-state index is 0.830.